The Bertz CT molecular complexity index is 831. The zero-order valence-electron chi connectivity index (χ0n) is 13.8. The third-order valence-electron chi connectivity index (χ3n) is 3.55. The van der Waals surface area contributed by atoms with Gasteiger partial charge in [-0.25, -0.2) is 9.48 Å². The van der Waals surface area contributed by atoms with Gasteiger partial charge in [-0.05, 0) is 24.1 Å². The first kappa shape index (κ1) is 18.9. The number of rotatable bonds is 6. The second kappa shape index (κ2) is 8.06. The van der Waals surface area contributed by atoms with Gasteiger partial charge < -0.3 is 10.4 Å². The molecule has 2 N–H and O–H groups in total. The molecule has 1 unspecified atom stereocenters. The highest BCUT2D eigenvalue weighted by Crippen LogP contribution is 2.18. The molecule has 0 aliphatic rings. The Morgan fingerprint density at radius 2 is 1.84 bits per heavy atom. The number of carboxylic acids is 1. The third-order valence-corrected chi connectivity index (χ3v) is 4.08. The van der Waals surface area contributed by atoms with Gasteiger partial charge in [-0.3, -0.25) is 9.59 Å². The molecule has 1 atom stereocenters. The summed E-state index contributed by atoms with van der Waals surface area (Å²) in [5.74, 6) is -1.98. The summed E-state index contributed by atoms with van der Waals surface area (Å²) in [5, 5.41) is 15.7. The van der Waals surface area contributed by atoms with Gasteiger partial charge in [0.05, 0.1) is 5.69 Å². The maximum absolute atomic E-state index is 12.1. The lowest BCUT2D eigenvalue weighted by atomic mass is 10.1. The Kier molecular flexibility index (Phi) is 6.08. The monoisotopic (exact) mass is 407 g/mol. The first-order valence-corrected chi connectivity index (χ1v) is 8.43. The zero-order chi connectivity index (χ0) is 18.6. The lowest BCUT2D eigenvalue weighted by Gasteiger charge is -2.18. The van der Waals surface area contributed by atoms with E-state index < -0.39 is 23.5 Å². The number of hydrogen-bond acceptors (Lipinski definition) is 4. The quantitative estimate of drug-likeness (QED) is 0.761. The molecule has 8 heteroatoms. The van der Waals surface area contributed by atoms with Crippen molar-refractivity contribution >= 4 is 27.8 Å². The van der Waals surface area contributed by atoms with Crippen LogP contribution in [0.15, 0.2) is 45.7 Å². The Hall–Kier alpha value is -2.48. The first-order valence-electron chi connectivity index (χ1n) is 7.64. The van der Waals surface area contributed by atoms with E-state index in [1.165, 1.54) is 6.07 Å². The number of halogens is 1. The smallest absolute Gasteiger partial charge is 0.326 e. The fraction of sp³-hybridized carbons (Fsp3) is 0.294. The number of carbonyl (C=O) groups is 2. The maximum Gasteiger partial charge on any atom is 0.326 e. The fourth-order valence-corrected chi connectivity index (χ4v) is 2.47. The van der Waals surface area contributed by atoms with Crippen LogP contribution in [0.5, 0.6) is 0 Å². The second-order valence-electron chi connectivity index (χ2n) is 5.85. The average molecular weight is 408 g/mol. The van der Waals surface area contributed by atoms with E-state index in [1.807, 2.05) is 24.3 Å². The van der Waals surface area contributed by atoms with Crippen molar-refractivity contribution in [2.45, 2.75) is 26.4 Å². The molecule has 0 fully saturated rings. The molecule has 7 nitrogen and oxygen atoms in total. The number of nitrogens with zero attached hydrogens (tertiary/aromatic N) is 2. The molecule has 0 bridgehead atoms. The van der Waals surface area contributed by atoms with E-state index in [-0.39, 0.29) is 12.5 Å². The van der Waals surface area contributed by atoms with Crippen molar-refractivity contribution in [3.63, 3.8) is 0 Å². The summed E-state index contributed by atoms with van der Waals surface area (Å²) >= 11 is 3.35. The van der Waals surface area contributed by atoms with E-state index >= 15 is 0 Å². The van der Waals surface area contributed by atoms with Crippen LogP contribution in [0.25, 0.3) is 11.3 Å². The number of carboxylic acid groups (broad SMARTS) is 1. The van der Waals surface area contributed by atoms with Gasteiger partial charge in [0.1, 0.15) is 12.6 Å². The summed E-state index contributed by atoms with van der Waals surface area (Å²) in [6.45, 7) is 3.04. The minimum Gasteiger partial charge on any atom is -0.480 e. The number of benzene rings is 1. The molecule has 2 aromatic rings. The molecular formula is C17H18BrN3O4. The SMILES string of the molecule is CC(C)C(NC(=O)Cn1nc(-c2ccc(Br)cc2)ccc1=O)C(=O)O. The largest absolute Gasteiger partial charge is 0.480 e. The summed E-state index contributed by atoms with van der Waals surface area (Å²) in [6, 6.07) is 9.25. The molecule has 0 spiro atoms. The van der Waals surface area contributed by atoms with E-state index in [4.69, 9.17) is 5.11 Å². The van der Waals surface area contributed by atoms with Gasteiger partial charge in [0.2, 0.25) is 5.91 Å². The van der Waals surface area contributed by atoms with Gasteiger partial charge in [-0.15, -0.1) is 0 Å². The fourth-order valence-electron chi connectivity index (χ4n) is 2.21. The summed E-state index contributed by atoms with van der Waals surface area (Å²) < 4.78 is 1.93. The second-order valence-corrected chi connectivity index (χ2v) is 6.76. The molecule has 0 aliphatic carbocycles. The number of hydrogen-bond donors (Lipinski definition) is 2. The van der Waals surface area contributed by atoms with Crippen LogP contribution < -0.4 is 10.9 Å². The van der Waals surface area contributed by atoms with Gasteiger partial charge in [0.25, 0.3) is 5.56 Å². The molecule has 0 saturated heterocycles. The molecule has 0 aliphatic heterocycles. The van der Waals surface area contributed by atoms with Gasteiger partial charge in [0, 0.05) is 16.1 Å². The van der Waals surface area contributed by atoms with Crippen LogP contribution in [0, 0.1) is 5.92 Å². The van der Waals surface area contributed by atoms with Crippen molar-refractivity contribution in [2.75, 3.05) is 0 Å². The lowest BCUT2D eigenvalue weighted by molar-refractivity contribution is -0.143. The zero-order valence-corrected chi connectivity index (χ0v) is 15.4. The predicted molar refractivity (Wildman–Crippen MR) is 96.0 cm³/mol. The predicted octanol–water partition coefficient (Wildman–Crippen LogP) is 1.90. The van der Waals surface area contributed by atoms with E-state index in [9.17, 15) is 14.4 Å². The van der Waals surface area contributed by atoms with Crippen molar-refractivity contribution in [1.29, 1.82) is 0 Å². The summed E-state index contributed by atoms with van der Waals surface area (Å²) in [5.41, 5.74) is 0.897. The number of amides is 1. The van der Waals surface area contributed by atoms with Crippen LogP contribution in [-0.2, 0) is 16.1 Å². The minimum atomic E-state index is -1.12. The number of nitrogens with one attached hydrogen (secondary N) is 1. The van der Waals surface area contributed by atoms with Crippen molar-refractivity contribution in [2.24, 2.45) is 5.92 Å². The summed E-state index contributed by atoms with van der Waals surface area (Å²) in [6.07, 6.45) is 0. The molecule has 2 rings (SSSR count). The number of aliphatic carboxylic acids is 1. The molecule has 1 amide bonds. The number of carbonyl (C=O) groups excluding carboxylic acids is 1. The van der Waals surface area contributed by atoms with Crippen LogP contribution in [-0.4, -0.2) is 32.8 Å². The molecule has 1 heterocycles. The van der Waals surface area contributed by atoms with Gasteiger partial charge in [-0.1, -0.05) is 41.9 Å². The molecule has 1 aromatic heterocycles. The summed E-state index contributed by atoms with van der Waals surface area (Å²) in [7, 11) is 0. The third kappa shape index (κ3) is 4.99. The first-order chi connectivity index (χ1) is 11.8. The molecule has 25 heavy (non-hydrogen) atoms. The molecule has 0 saturated carbocycles. The van der Waals surface area contributed by atoms with E-state index in [1.54, 1.807) is 19.9 Å². The normalized spacial score (nSPS) is 12.0. The standard InChI is InChI=1S/C17H18BrN3O4/c1-10(2)16(17(24)25)19-14(22)9-21-15(23)8-7-13(20-21)11-3-5-12(18)6-4-11/h3-8,10,16H,9H2,1-2H3,(H,19,22)(H,24,25). The van der Waals surface area contributed by atoms with E-state index in [0.29, 0.717) is 5.69 Å². The van der Waals surface area contributed by atoms with Crippen molar-refractivity contribution in [3.05, 3.63) is 51.2 Å². The summed E-state index contributed by atoms with van der Waals surface area (Å²) in [4.78, 5) is 35.2. The van der Waals surface area contributed by atoms with Crippen LogP contribution in [0.4, 0.5) is 0 Å². The molecule has 0 radical (unpaired) electrons. The van der Waals surface area contributed by atoms with Gasteiger partial charge >= 0.3 is 5.97 Å². The molecule has 1 aromatic carbocycles. The van der Waals surface area contributed by atoms with Crippen LogP contribution in [0.3, 0.4) is 0 Å². The minimum absolute atomic E-state index is 0.278. The van der Waals surface area contributed by atoms with E-state index in [0.717, 1.165) is 14.7 Å². The maximum atomic E-state index is 12.1. The Balaban J connectivity index is 2.20. The Labute approximate surface area is 152 Å². The lowest BCUT2D eigenvalue weighted by Crippen LogP contribution is -2.46. The van der Waals surface area contributed by atoms with Crippen molar-refractivity contribution < 1.29 is 14.7 Å². The van der Waals surface area contributed by atoms with Crippen LogP contribution in [0.1, 0.15) is 13.8 Å². The highest BCUT2D eigenvalue weighted by molar-refractivity contribution is 9.10. The highest BCUT2D eigenvalue weighted by Gasteiger charge is 2.23. The number of aromatic nitrogens is 2. The topological polar surface area (TPSA) is 101 Å². The Morgan fingerprint density at radius 3 is 2.40 bits per heavy atom. The van der Waals surface area contributed by atoms with E-state index in [2.05, 4.69) is 26.3 Å². The Morgan fingerprint density at radius 1 is 1.20 bits per heavy atom. The van der Waals surface area contributed by atoms with Gasteiger partial charge in [-0.2, -0.15) is 5.10 Å². The molecular weight excluding hydrogens is 390 g/mol. The average Bonchev–Trinajstić information content (AvgIpc) is 2.55. The van der Waals surface area contributed by atoms with Crippen molar-refractivity contribution in [1.82, 2.24) is 15.1 Å². The highest BCUT2D eigenvalue weighted by atomic mass is 79.9. The molecule has 132 valence electrons. The van der Waals surface area contributed by atoms with Crippen molar-refractivity contribution in [3.8, 4) is 11.3 Å². The van der Waals surface area contributed by atoms with Crippen LogP contribution >= 0.6 is 15.9 Å². The van der Waals surface area contributed by atoms with Gasteiger partial charge in [0.15, 0.2) is 0 Å². The van der Waals surface area contributed by atoms with Crippen LogP contribution in [0.2, 0.25) is 0 Å².